The average Bonchev–Trinajstić information content (AvgIpc) is 1.47. The number of fused-ring (bicyclic) bond motifs is 6. The zero-order valence-electron chi connectivity index (χ0n) is 48.2. The first-order valence-corrected chi connectivity index (χ1v) is 29.6. The SMILES string of the molecule is N#Cc1cc(-c2nc(-c3ccccc3)nc(-c3ccccc3)n2)cc(-c2ccccc2-c2ccccc2-c2cc(-c3nc(-c4ccccc4)nc(-c4ccccc4)n3)cc(C#N)c2-n2c3ccccc3c3ccccc32)c1-n1c2ccccc2c2ccccc21. The van der Waals surface area contributed by atoms with Gasteiger partial charge < -0.3 is 9.13 Å². The normalized spacial score (nSPS) is 11.3. The second-order valence-corrected chi connectivity index (χ2v) is 22.0. The summed E-state index contributed by atoms with van der Waals surface area (Å²) in [7, 11) is 0. The van der Waals surface area contributed by atoms with Gasteiger partial charge >= 0.3 is 0 Å². The van der Waals surface area contributed by atoms with Gasteiger partial charge in [0.1, 0.15) is 12.1 Å². The smallest absolute Gasteiger partial charge is 0.164 e. The minimum absolute atomic E-state index is 0.410. The van der Waals surface area contributed by atoms with Crippen LogP contribution in [0.3, 0.4) is 0 Å². The van der Waals surface area contributed by atoms with Crippen molar-refractivity contribution in [3.8, 4) is 125 Å². The van der Waals surface area contributed by atoms with Gasteiger partial charge in [0.15, 0.2) is 34.9 Å². The molecule has 0 aliphatic heterocycles. The Morgan fingerprint density at radius 1 is 0.222 bits per heavy atom. The molecule has 0 amide bonds. The number of benzene rings is 12. The quantitative estimate of drug-likeness (QED) is 0.125. The fourth-order valence-electron chi connectivity index (χ4n) is 12.7. The number of hydrogen-bond acceptors (Lipinski definition) is 8. The van der Waals surface area contributed by atoms with Crippen molar-refractivity contribution in [1.82, 2.24) is 39.0 Å². The van der Waals surface area contributed by atoms with Gasteiger partial charge in [-0.15, -0.1) is 0 Å². The molecule has 0 saturated carbocycles. The molecule has 0 fully saturated rings. The Balaban J connectivity index is 0.991. The van der Waals surface area contributed by atoms with E-state index in [1.807, 2.05) is 170 Å². The molecule has 0 saturated heterocycles. The van der Waals surface area contributed by atoms with Crippen LogP contribution in [0.25, 0.3) is 157 Å². The van der Waals surface area contributed by atoms with Crippen molar-refractivity contribution in [2.24, 2.45) is 0 Å². The summed E-state index contributed by atoms with van der Waals surface area (Å²) >= 11 is 0. The molecule has 10 heteroatoms. The molecule has 418 valence electrons. The summed E-state index contributed by atoms with van der Waals surface area (Å²) in [6.45, 7) is 0. The summed E-state index contributed by atoms with van der Waals surface area (Å²) in [5.74, 6) is 2.83. The van der Waals surface area contributed by atoms with Gasteiger partial charge in [0.2, 0.25) is 0 Å². The van der Waals surface area contributed by atoms with E-state index < -0.39 is 0 Å². The lowest BCUT2D eigenvalue weighted by atomic mass is 9.86. The van der Waals surface area contributed by atoms with Gasteiger partial charge in [-0.3, -0.25) is 0 Å². The Morgan fingerprint density at radius 2 is 0.444 bits per heavy atom. The largest absolute Gasteiger partial charge is 0.307 e. The highest BCUT2D eigenvalue weighted by Crippen LogP contribution is 2.48. The van der Waals surface area contributed by atoms with E-state index in [0.717, 1.165) is 99.2 Å². The van der Waals surface area contributed by atoms with Gasteiger partial charge in [0.05, 0.1) is 44.6 Å². The molecule has 12 aromatic carbocycles. The second-order valence-electron chi connectivity index (χ2n) is 22.0. The molecule has 4 heterocycles. The van der Waals surface area contributed by atoms with E-state index in [-0.39, 0.29) is 0 Å². The molecule has 0 N–H and O–H groups in total. The van der Waals surface area contributed by atoms with E-state index in [1.165, 1.54) is 0 Å². The molecule has 90 heavy (non-hydrogen) atoms. The van der Waals surface area contributed by atoms with E-state index >= 15 is 0 Å². The zero-order valence-corrected chi connectivity index (χ0v) is 48.2. The van der Waals surface area contributed by atoms with Crippen LogP contribution < -0.4 is 0 Å². The number of para-hydroxylation sites is 4. The average molecular weight is 1150 g/mol. The fraction of sp³-hybridized carbons (Fsp3) is 0. The van der Waals surface area contributed by atoms with Crippen molar-refractivity contribution in [3.05, 3.63) is 302 Å². The van der Waals surface area contributed by atoms with Gasteiger partial charge in [0.25, 0.3) is 0 Å². The van der Waals surface area contributed by atoms with E-state index in [9.17, 15) is 10.5 Å². The minimum atomic E-state index is 0.410. The van der Waals surface area contributed by atoms with Crippen molar-refractivity contribution in [2.75, 3.05) is 0 Å². The van der Waals surface area contributed by atoms with E-state index in [0.29, 0.717) is 68.6 Å². The van der Waals surface area contributed by atoms with E-state index in [1.54, 1.807) is 0 Å². The summed E-state index contributed by atoms with van der Waals surface area (Å²) in [5, 5.41) is 27.8. The van der Waals surface area contributed by atoms with Gasteiger partial charge in [-0.05, 0) is 70.8 Å². The zero-order chi connectivity index (χ0) is 60.1. The Labute approximate surface area is 517 Å². The third-order valence-corrected chi connectivity index (χ3v) is 16.7. The lowest BCUT2D eigenvalue weighted by Gasteiger charge is -2.22. The molecule has 4 aromatic heterocycles. The van der Waals surface area contributed by atoms with Crippen LogP contribution in [-0.4, -0.2) is 39.0 Å². The second kappa shape index (κ2) is 22.3. The topological polar surface area (TPSA) is 135 Å². The molecular weight excluding hydrogens is 1100 g/mol. The van der Waals surface area contributed by atoms with Crippen molar-refractivity contribution in [1.29, 1.82) is 10.5 Å². The number of hydrogen-bond donors (Lipinski definition) is 0. The summed E-state index contributed by atoms with van der Waals surface area (Å²) in [5.41, 5.74) is 15.6. The number of rotatable bonds is 11. The number of nitriles is 2. The Hall–Kier alpha value is -12.8. The van der Waals surface area contributed by atoms with Crippen LogP contribution in [0.1, 0.15) is 11.1 Å². The molecule has 0 aliphatic carbocycles. The van der Waals surface area contributed by atoms with Crippen LogP contribution in [-0.2, 0) is 0 Å². The van der Waals surface area contributed by atoms with E-state index in [2.05, 4.69) is 143 Å². The van der Waals surface area contributed by atoms with Crippen LogP contribution in [0.5, 0.6) is 0 Å². The predicted octanol–water partition coefficient (Wildman–Crippen LogP) is 19.0. The molecule has 0 spiro atoms. The summed E-state index contributed by atoms with van der Waals surface area (Å²) in [6.07, 6.45) is 0. The lowest BCUT2D eigenvalue weighted by molar-refractivity contribution is 1.07. The molecule has 0 aliphatic rings. The van der Waals surface area contributed by atoms with E-state index in [4.69, 9.17) is 29.9 Å². The van der Waals surface area contributed by atoms with Crippen LogP contribution >= 0.6 is 0 Å². The van der Waals surface area contributed by atoms with Crippen LogP contribution in [0.15, 0.2) is 291 Å². The summed E-state index contributed by atoms with van der Waals surface area (Å²) in [4.78, 5) is 31.0. The minimum Gasteiger partial charge on any atom is -0.307 e. The molecule has 10 nitrogen and oxygen atoms in total. The number of nitrogens with zero attached hydrogens (tertiary/aromatic N) is 10. The number of aromatic nitrogens is 8. The highest BCUT2D eigenvalue weighted by Gasteiger charge is 2.28. The standard InChI is InChI=1S/C80H48N10/c81-49-57-45-55(79-85-75(51-25-5-1-6-26-51)83-76(86-79)52-27-7-2-8-28-52)47-67(73(57)89-69-41-21-17-37-63(69)64-38-18-22-42-70(64)89)61-35-15-13-33-59(61)60-34-14-16-36-62(60)68-48-56(80-87-77(53-29-9-3-10-30-53)84-78(88-80)54-31-11-4-12-32-54)46-58(50-82)74(68)90-71-43-23-19-39-65(71)66-40-20-24-44-72(66)90/h1-48H. The van der Waals surface area contributed by atoms with Crippen molar-refractivity contribution in [3.63, 3.8) is 0 Å². The van der Waals surface area contributed by atoms with Gasteiger partial charge in [-0.1, -0.05) is 243 Å². The third-order valence-electron chi connectivity index (χ3n) is 16.7. The predicted molar refractivity (Wildman–Crippen MR) is 360 cm³/mol. The van der Waals surface area contributed by atoms with Gasteiger partial charge in [-0.2, -0.15) is 10.5 Å². The first-order chi connectivity index (χ1) is 44.6. The van der Waals surface area contributed by atoms with Crippen LogP contribution in [0, 0.1) is 22.7 Å². The maximum Gasteiger partial charge on any atom is 0.164 e. The maximum absolute atomic E-state index is 11.8. The Morgan fingerprint density at radius 3 is 0.711 bits per heavy atom. The van der Waals surface area contributed by atoms with Gasteiger partial charge in [-0.25, -0.2) is 29.9 Å². The summed E-state index contributed by atoms with van der Waals surface area (Å²) in [6, 6.07) is 103. The lowest BCUT2D eigenvalue weighted by Crippen LogP contribution is -2.05. The highest BCUT2D eigenvalue weighted by atomic mass is 15.1. The fourth-order valence-corrected chi connectivity index (χ4v) is 12.7. The van der Waals surface area contributed by atoms with Crippen molar-refractivity contribution >= 4 is 43.6 Å². The molecule has 16 aromatic rings. The third kappa shape index (κ3) is 9.12. The van der Waals surface area contributed by atoms with Gasteiger partial charge in [0, 0.05) is 66.1 Å². The molecule has 0 bridgehead atoms. The molecule has 0 radical (unpaired) electrons. The Bertz CT molecular complexity index is 5000. The van der Waals surface area contributed by atoms with Crippen molar-refractivity contribution < 1.29 is 0 Å². The molecular formula is C80H48N10. The van der Waals surface area contributed by atoms with Crippen LogP contribution in [0.2, 0.25) is 0 Å². The first kappa shape index (κ1) is 52.8. The monoisotopic (exact) mass is 1150 g/mol. The Kier molecular flexibility index (Phi) is 13.1. The maximum atomic E-state index is 11.8. The van der Waals surface area contributed by atoms with Crippen molar-refractivity contribution in [2.45, 2.75) is 0 Å². The molecule has 0 unspecified atom stereocenters. The first-order valence-electron chi connectivity index (χ1n) is 29.6. The molecule has 16 rings (SSSR count). The summed E-state index contributed by atoms with van der Waals surface area (Å²) < 4.78 is 4.46. The van der Waals surface area contributed by atoms with Crippen LogP contribution in [0.4, 0.5) is 0 Å². The molecule has 0 atom stereocenters. The highest BCUT2D eigenvalue weighted by molar-refractivity contribution is 6.12.